The third-order valence-electron chi connectivity index (χ3n) is 10.4. The van der Waals surface area contributed by atoms with E-state index < -0.39 is 17.3 Å². The fourth-order valence-corrected chi connectivity index (χ4v) is 5.69. The first-order valence-corrected chi connectivity index (χ1v) is 26.6. The Hall–Kier alpha value is -7.26. The second-order valence-corrected chi connectivity index (χ2v) is 21.5. The van der Waals surface area contributed by atoms with Crippen LogP contribution in [0, 0.1) is 34.6 Å². The fraction of sp³-hybridized carbons (Fsp3) is 0.620. The van der Waals surface area contributed by atoms with Crippen molar-refractivity contribution in [3.05, 3.63) is 110 Å². The van der Waals surface area contributed by atoms with Gasteiger partial charge in [-0.3, -0.25) is 57.5 Å². The Bertz CT molecular complexity index is 2810. The van der Waals surface area contributed by atoms with E-state index in [0.717, 1.165) is 29.4 Å². The van der Waals surface area contributed by atoms with Gasteiger partial charge in [-0.25, -0.2) is 10.3 Å². The number of amides is 2. The van der Waals surface area contributed by atoms with Gasteiger partial charge in [-0.15, -0.1) is 10.2 Å². The van der Waals surface area contributed by atoms with Crippen LogP contribution in [-0.4, -0.2) is 77.3 Å². The molecule has 452 valence electrons. The number of nitriles is 1. The van der Waals surface area contributed by atoms with Crippen LogP contribution in [0.15, 0.2) is 61.6 Å². The van der Waals surface area contributed by atoms with Crippen molar-refractivity contribution in [3.63, 3.8) is 0 Å². The molecule has 0 spiro atoms. The van der Waals surface area contributed by atoms with Gasteiger partial charge in [0.2, 0.25) is 17.2 Å². The molecule has 9 N–H and O–H groups in total. The van der Waals surface area contributed by atoms with Crippen LogP contribution in [0.25, 0.3) is 0 Å². The van der Waals surface area contributed by atoms with Crippen molar-refractivity contribution in [1.29, 1.82) is 5.26 Å². The molecule has 30 heteroatoms. The van der Waals surface area contributed by atoms with Crippen molar-refractivity contribution in [2.24, 2.45) is 23.2 Å². The number of rotatable bonds is 9. The second kappa shape index (κ2) is 39.2. The molecule has 0 saturated carbocycles. The number of halogens is 3. The molecule has 0 radical (unpaired) electrons. The Labute approximate surface area is 470 Å². The summed E-state index contributed by atoms with van der Waals surface area (Å²) in [6, 6.07) is 0. The molecule has 6 aromatic rings. The Balaban J connectivity index is -0.000000836. The van der Waals surface area contributed by atoms with Crippen LogP contribution >= 0.6 is 23.3 Å². The maximum atomic E-state index is 12.1. The molecule has 0 aliphatic heterocycles. The summed E-state index contributed by atoms with van der Waals surface area (Å²) in [7, 11) is 0. The lowest BCUT2D eigenvalue weighted by atomic mass is 9.81. The first-order chi connectivity index (χ1) is 36.8. The van der Waals surface area contributed by atoms with Crippen LogP contribution in [-0.2, 0) is 9.59 Å². The van der Waals surface area contributed by atoms with Crippen molar-refractivity contribution >= 4 is 35.1 Å². The van der Waals surface area contributed by atoms with Gasteiger partial charge in [0.05, 0.1) is 17.2 Å². The van der Waals surface area contributed by atoms with Gasteiger partial charge in [0.25, 0.3) is 16.7 Å². The minimum Gasteiger partial charge on any atom is -0.502 e. The molecule has 0 fully saturated rings. The lowest BCUT2D eigenvalue weighted by molar-refractivity contribution is -0.225. The SMILES string of the molecule is CC(C)C(=O)NC#N.CC(C)C(=O)NO.CC(C)C(C)(C)C(F)(F)F.CC(C)c1co[nH]c1=O.CC(C)c1cocc(O)c1=O.CC(C)c1cs[nH]c1=O.CC(C)c1nn[nH]n1.CC(C)c1noc(=O)[nH]1.CC(C)c1ns[nH]c1=O. The third-order valence-corrected chi connectivity index (χ3v) is 11.6. The summed E-state index contributed by atoms with van der Waals surface area (Å²) in [6.45, 7) is 35.9. The smallest absolute Gasteiger partial charge is 0.438 e. The molecule has 0 unspecified atom stereocenters. The normalized spacial score (nSPS) is 10.7. The van der Waals surface area contributed by atoms with Crippen LogP contribution in [0.3, 0.4) is 0 Å². The summed E-state index contributed by atoms with van der Waals surface area (Å²) in [5, 5.41) is 47.6. The Morgan fingerprint density at radius 1 is 0.713 bits per heavy atom. The molecule has 6 heterocycles. The molecule has 0 aliphatic rings. The molecule has 80 heavy (non-hydrogen) atoms. The topological polar surface area (TPSA) is 391 Å². The van der Waals surface area contributed by atoms with E-state index in [2.05, 4.69) is 58.1 Å². The van der Waals surface area contributed by atoms with Gasteiger partial charge in [-0.1, -0.05) is 160 Å². The van der Waals surface area contributed by atoms with Crippen LogP contribution < -0.4 is 38.7 Å². The quantitative estimate of drug-likeness (QED) is 0.0281. The van der Waals surface area contributed by atoms with E-state index in [4.69, 9.17) is 20.0 Å². The van der Waals surface area contributed by atoms with E-state index in [9.17, 15) is 46.7 Å². The number of nitrogens with zero attached hydrogens (tertiary/aromatic N) is 6. The summed E-state index contributed by atoms with van der Waals surface area (Å²) in [5.41, 5.74) is 2.26. The zero-order chi connectivity index (χ0) is 62.8. The Morgan fingerprint density at radius 3 is 1.46 bits per heavy atom. The largest absolute Gasteiger partial charge is 0.502 e. The van der Waals surface area contributed by atoms with Gasteiger partial charge in [0.15, 0.2) is 23.6 Å². The molecule has 0 bridgehead atoms. The average molecular weight is 1180 g/mol. The first-order valence-electron chi connectivity index (χ1n) is 25.0. The predicted molar refractivity (Wildman–Crippen MR) is 298 cm³/mol. The lowest BCUT2D eigenvalue weighted by Gasteiger charge is -2.31. The van der Waals surface area contributed by atoms with Gasteiger partial charge in [-0.05, 0) is 23.7 Å². The van der Waals surface area contributed by atoms with Crippen LogP contribution in [0.1, 0.15) is 208 Å². The van der Waals surface area contributed by atoms with Crippen LogP contribution in [0.2, 0.25) is 0 Å². The standard InChI is InChI=1S/C8H10O3.C7H13F3.C6H9NO2.C6H9NOS.C5H8N2O2.C5H8N2OS.C5H8N2O.C4H8N4.C4H9NO2/c1-5(2)6-3-11-4-7(9)8(6)10;1-5(2)6(3,4)7(8,9)10;2*1-4(2)5-3-9-7-6(5)8;1-3(2)4-6-5(8)9-7-4;1-3(2)4-5(8)7-9-6-4;1-4(2)5(8)7-3-6;1-3(2)4-5-7-8-6-4;1-3(2)4(6)5-7/h3-5,9H,1-2H3;5H,1-4H3;2*3-4H,1-2H3,(H,7,8);3H,1-2H3,(H,6,7,8);3H,1-2H3,(H,7,8);4H,1-2H3,(H,7,8);3H,1-2H3,(H,5,6,7,8);3,7H,1-2H3,(H,5,6). The van der Waals surface area contributed by atoms with Gasteiger partial charge >= 0.3 is 11.9 Å². The van der Waals surface area contributed by atoms with Crippen LogP contribution in [0.5, 0.6) is 5.75 Å². The molecule has 6 rings (SSSR count). The number of aromatic amines is 5. The van der Waals surface area contributed by atoms with Crippen LogP contribution in [0.4, 0.5) is 13.2 Å². The van der Waals surface area contributed by atoms with E-state index >= 15 is 0 Å². The molecule has 0 aliphatic carbocycles. The molecule has 0 atom stereocenters. The number of tetrazole rings is 1. The Morgan fingerprint density at radius 2 is 1.26 bits per heavy atom. The number of aromatic hydroxyl groups is 1. The van der Waals surface area contributed by atoms with Crippen molar-refractivity contribution < 1.29 is 46.5 Å². The number of hydrogen-bond acceptors (Lipinski definition) is 20. The summed E-state index contributed by atoms with van der Waals surface area (Å²) in [5.74, 6) is 0.871. The van der Waals surface area contributed by atoms with E-state index in [1.54, 1.807) is 47.7 Å². The predicted octanol–water partition coefficient (Wildman–Crippen LogP) is 9.50. The molecule has 6 aromatic heterocycles. The molecule has 0 saturated heterocycles. The molecular formula is C50H82F3N13O12S2. The summed E-state index contributed by atoms with van der Waals surface area (Å²) >= 11 is 2.46. The zero-order valence-electron chi connectivity index (χ0n) is 49.1. The fourth-order valence-electron chi connectivity index (χ4n) is 4.27. The number of carbonyl (C=O) groups is 2. The summed E-state index contributed by atoms with van der Waals surface area (Å²) < 4.78 is 58.9. The van der Waals surface area contributed by atoms with Crippen molar-refractivity contribution in [2.45, 2.75) is 180 Å². The number of alkyl halides is 3. The number of H-pyrrole nitrogens is 5. The number of aromatic nitrogens is 10. The molecule has 25 nitrogen and oxygen atoms in total. The average Bonchev–Trinajstić information content (AvgIpc) is 4.24. The zero-order valence-corrected chi connectivity index (χ0v) is 50.7. The lowest BCUT2D eigenvalue weighted by Crippen LogP contribution is -2.36. The highest BCUT2D eigenvalue weighted by atomic mass is 32.1. The first kappa shape index (κ1) is 77.0. The van der Waals surface area contributed by atoms with Gasteiger partial charge < -0.3 is 14.0 Å². The van der Waals surface area contributed by atoms with Gasteiger partial charge in [0.1, 0.15) is 18.2 Å². The molecule has 2 amide bonds. The number of hydroxylamine groups is 1. The maximum absolute atomic E-state index is 12.1. The van der Waals surface area contributed by atoms with Gasteiger partial charge in [-0.2, -0.15) is 33.2 Å². The highest BCUT2D eigenvalue weighted by Gasteiger charge is 2.49. The number of nitrogens with one attached hydrogen (secondary N) is 7. The monoisotopic (exact) mass is 1180 g/mol. The minimum atomic E-state index is -4.08. The minimum absolute atomic E-state index is 0.0463. The van der Waals surface area contributed by atoms with Crippen molar-refractivity contribution in [2.75, 3.05) is 0 Å². The van der Waals surface area contributed by atoms with E-state index in [1.807, 2.05) is 93.8 Å². The molecular weight excluding hydrogens is 1100 g/mol. The van der Waals surface area contributed by atoms with E-state index in [1.165, 1.54) is 43.4 Å². The Kier molecular flexibility index (Phi) is 37.7. The summed E-state index contributed by atoms with van der Waals surface area (Å²) in [6.07, 6.45) is 1.32. The number of hydrogen-bond donors (Lipinski definition) is 9. The molecule has 0 aromatic carbocycles. The third kappa shape index (κ3) is 31.4. The van der Waals surface area contributed by atoms with Crippen molar-refractivity contribution in [3.8, 4) is 11.9 Å². The van der Waals surface area contributed by atoms with Crippen molar-refractivity contribution in [1.82, 2.24) is 59.8 Å². The van der Waals surface area contributed by atoms with E-state index in [-0.39, 0.29) is 81.1 Å². The second-order valence-electron chi connectivity index (χ2n) is 20.2. The highest BCUT2D eigenvalue weighted by Crippen LogP contribution is 2.43. The summed E-state index contributed by atoms with van der Waals surface area (Å²) in [4.78, 5) is 76.7. The maximum Gasteiger partial charge on any atom is 0.438 e. The van der Waals surface area contributed by atoms with Gasteiger partial charge in [0, 0.05) is 57.8 Å². The number of carbonyl (C=O) groups excluding carboxylic acids is 2. The van der Waals surface area contributed by atoms with E-state index in [0.29, 0.717) is 34.5 Å². The highest BCUT2D eigenvalue weighted by molar-refractivity contribution is 7.03.